The lowest BCUT2D eigenvalue weighted by molar-refractivity contribution is 0.175. The monoisotopic (exact) mass is 206 g/mol. The molecular weight excluding hydrogens is 192 g/mol. The van der Waals surface area contributed by atoms with E-state index in [-0.39, 0.29) is 6.03 Å². The Morgan fingerprint density at radius 2 is 1.80 bits per heavy atom. The van der Waals surface area contributed by atoms with Gasteiger partial charge in [-0.25, -0.2) is 4.79 Å². The predicted molar refractivity (Wildman–Crippen MR) is 56.9 cm³/mol. The van der Waals surface area contributed by atoms with Gasteiger partial charge in [-0.15, -0.1) is 0 Å². The van der Waals surface area contributed by atoms with Crippen LogP contribution in [-0.2, 0) is 0 Å². The Morgan fingerprint density at radius 3 is 2.40 bits per heavy atom. The number of carbonyl (C=O) groups is 1. The Balaban J connectivity index is 2.07. The van der Waals surface area contributed by atoms with Gasteiger partial charge in [-0.3, -0.25) is 5.21 Å². The van der Waals surface area contributed by atoms with E-state index in [1.807, 2.05) is 6.07 Å². The number of amides is 2. The van der Waals surface area contributed by atoms with Gasteiger partial charge in [0.05, 0.1) is 5.69 Å². The van der Waals surface area contributed by atoms with E-state index in [0.717, 1.165) is 25.9 Å². The van der Waals surface area contributed by atoms with Crippen LogP contribution in [-0.4, -0.2) is 29.2 Å². The van der Waals surface area contributed by atoms with Crippen molar-refractivity contribution in [3.8, 4) is 0 Å². The minimum atomic E-state index is -0.335. The first-order valence-corrected chi connectivity index (χ1v) is 5.12. The molecular formula is C11H14N2O2. The smallest absolute Gasteiger partial charge is 0.323 e. The van der Waals surface area contributed by atoms with Crippen LogP contribution in [0.3, 0.4) is 0 Å². The molecule has 1 saturated heterocycles. The van der Waals surface area contributed by atoms with Gasteiger partial charge in [0.1, 0.15) is 0 Å². The number of hydrogen-bond donors (Lipinski definition) is 1. The molecule has 0 aliphatic carbocycles. The molecule has 1 aromatic carbocycles. The molecule has 0 bridgehead atoms. The number of rotatable bonds is 1. The number of urea groups is 1. The Hall–Kier alpha value is -1.55. The van der Waals surface area contributed by atoms with Crippen LogP contribution >= 0.6 is 0 Å². The molecule has 0 atom stereocenters. The van der Waals surface area contributed by atoms with E-state index in [0.29, 0.717) is 10.8 Å². The summed E-state index contributed by atoms with van der Waals surface area (Å²) in [5, 5.41) is 10.4. The van der Waals surface area contributed by atoms with Crippen LogP contribution in [0.2, 0.25) is 0 Å². The second-order valence-corrected chi connectivity index (χ2v) is 3.62. The third-order valence-electron chi connectivity index (χ3n) is 2.56. The number of nitrogens with zero attached hydrogens (tertiary/aromatic N) is 2. The molecule has 4 heteroatoms. The zero-order valence-corrected chi connectivity index (χ0v) is 8.47. The molecule has 1 N–H and O–H groups in total. The van der Waals surface area contributed by atoms with Gasteiger partial charge in [-0.05, 0) is 25.0 Å². The molecule has 0 aromatic heterocycles. The second-order valence-electron chi connectivity index (χ2n) is 3.62. The van der Waals surface area contributed by atoms with Crippen LogP contribution in [0.15, 0.2) is 30.3 Å². The largest absolute Gasteiger partial charge is 0.348 e. The minimum Gasteiger partial charge on any atom is -0.323 e. The molecule has 2 rings (SSSR count). The molecule has 80 valence electrons. The fourth-order valence-corrected chi connectivity index (χ4v) is 1.72. The molecule has 1 aliphatic rings. The maximum absolute atomic E-state index is 11.7. The Labute approximate surface area is 88.7 Å². The molecule has 2 amide bonds. The van der Waals surface area contributed by atoms with Crippen molar-refractivity contribution in [3.63, 3.8) is 0 Å². The van der Waals surface area contributed by atoms with Gasteiger partial charge in [0.25, 0.3) is 0 Å². The van der Waals surface area contributed by atoms with Gasteiger partial charge in [0, 0.05) is 13.1 Å². The first-order chi connectivity index (χ1) is 7.29. The predicted octanol–water partition coefficient (Wildman–Crippen LogP) is 2.10. The molecule has 0 unspecified atom stereocenters. The number of likely N-dealkylation sites (tertiary alicyclic amines) is 1. The molecule has 1 aromatic rings. The first kappa shape index (κ1) is 9.98. The van der Waals surface area contributed by atoms with Crippen molar-refractivity contribution in [2.45, 2.75) is 12.8 Å². The van der Waals surface area contributed by atoms with Gasteiger partial charge >= 0.3 is 6.03 Å². The van der Waals surface area contributed by atoms with E-state index in [9.17, 15) is 10.0 Å². The van der Waals surface area contributed by atoms with Crippen LogP contribution in [0.5, 0.6) is 0 Å². The quantitative estimate of drug-likeness (QED) is 0.565. The molecule has 1 fully saturated rings. The average Bonchev–Trinajstić information content (AvgIpc) is 2.82. The standard InChI is InChI=1S/C11H14N2O2/c14-11(12-8-4-5-9-12)13(15)10-6-2-1-3-7-10/h1-3,6-7,15H,4-5,8-9H2. The highest BCUT2D eigenvalue weighted by Gasteiger charge is 2.23. The van der Waals surface area contributed by atoms with Crippen molar-refractivity contribution in [2.75, 3.05) is 18.2 Å². The van der Waals surface area contributed by atoms with Crippen LogP contribution in [0.25, 0.3) is 0 Å². The number of hydroxylamine groups is 1. The zero-order valence-electron chi connectivity index (χ0n) is 8.47. The summed E-state index contributed by atoms with van der Waals surface area (Å²) in [5.41, 5.74) is 0.509. The van der Waals surface area contributed by atoms with E-state index in [1.165, 1.54) is 0 Å². The van der Waals surface area contributed by atoms with Gasteiger partial charge in [-0.1, -0.05) is 18.2 Å². The van der Waals surface area contributed by atoms with E-state index in [1.54, 1.807) is 29.2 Å². The van der Waals surface area contributed by atoms with Crippen molar-refractivity contribution < 1.29 is 10.0 Å². The summed E-state index contributed by atoms with van der Waals surface area (Å²) < 4.78 is 0. The van der Waals surface area contributed by atoms with Gasteiger partial charge in [-0.2, -0.15) is 5.06 Å². The lowest BCUT2D eigenvalue weighted by Crippen LogP contribution is -2.39. The summed E-state index contributed by atoms with van der Waals surface area (Å²) in [7, 11) is 0. The van der Waals surface area contributed by atoms with Crippen molar-refractivity contribution in [1.29, 1.82) is 0 Å². The van der Waals surface area contributed by atoms with Crippen LogP contribution in [0.4, 0.5) is 10.5 Å². The van der Waals surface area contributed by atoms with Gasteiger partial charge in [0.2, 0.25) is 0 Å². The number of anilines is 1. The van der Waals surface area contributed by atoms with E-state index >= 15 is 0 Å². The fraction of sp³-hybridized carbons (Fsp3) is 0.364. The summed E-state index contributed by atoms with van der Waals surface area (Å²) in [4.78, 5) is 13.4. The summed E-state index contributed by atoms with van der Waals surface area (Å²) >= 11 is 0. The Morgan fingerprint density at radius 1 is 1.20 bits per heavy atom. The lowest BCUT2D eigenvalue weighted by atomic mass is 10.3. The first-order valence-electron chi connectivity index (χ1n) is 5.12. The third-order valence-corrected chi connectivity index (χ3v) is 2.56. The average molecular weight is 206 g/mol. The molecule has 0 saturated carbocycles. The normalized spacial score (nSPS) is 15.4. The molecule has 0 spiro atoms. The minimum absolute atomic E-state index is 0.335. The number of para-hydroxylation sites is 1. The van der Waals surface area contributed by atoms with Crippen molar-refractivity contribution >= 4 is 11.7 Å². The number of benzene rings is 1. The summed E-state index contributed by atoms with van der Waals surface area (Å²) in [5.74, 6) is 0. The van der Waals surface area contributed by atoms with Crippen molar-refractivity contribution in [3.05, 3.63) is 30.3 Å². The molecule has 1 heterocycles. The molecule has 15 heavy (non-hydrogen) atoms. The van der Waals surface area contributed by atoms with Crippen LogP contribution in [0, 0.1) is 0 Å². The Bertz CT molecular complexity index is 334. The zero-order chi connectivity index (χ0) is 10.7. The molecule has 1 aliphatic heterocycles. The van der Waals surface area contributed by atoms with Gasteiger partial charge in [0.15, 0.2) is 0 Å². The Kier molecular flexibility index (Phi) is 2.87. The topological polar surface area (TPSA) is 43.8 Å². The maximum atomic E-state index is 11.7. The van der Waals surface area contributed by atoms with E-state index in [2.05, 4.69) is 0 Å². The third kappa shape index (κ3) is 2.10. The second kappa shape index (κ2) is 4.31. The number of carbonyl (C=O) groups excluding carboxylic acids is 1. The van der Waals surface area contributed by atoms with Crippen molar-refractivity contribution in [1.82, 2.24) is 4.90 Å². The highest BCUT2D eigenvalue weighted by molar-refractivity contribution is 5.89. The lowest BCUT2D eigenvalue weighted by Gasteiger charge is -2.22. The summed E-state index contributed by atoms with van der Waals surface area (Å²) in [6, 6.07) is 8.49. The highest BCUT2D eigenvalue weighted by Crippen LogP contribution is 2.16. The van der Waals surface area contributed by atoms with Crippen LogP contribution in [0.1, 0.15) is 12.8 Å². The molecule has 4 nitrogen and oxygen atoms in total. The highest BCUT2D eigenvalue weighted by atomic mass is 16.5. The molecule has 0 radical (unpaired) electrons. The van der Waals surface area contributed by atoms with Gasteiger partial charge < -0.3 is 4.90 Å². The summed E-state index contributed by atoms with van der Waals surface area (Å²) in [6.07, 6.45) is 2.04. The maximum Gasteiger partial charge on any atom is 0.348 e. The fourth-order valence-electron chi connectivity index (χ4n) is 1.72. The van der Waals surface area contributed by atoms with Crippen molar-refractivity contribution in [2.24, 2.45) is 0 Å². The summed E-state index contributed by atoms with van der Waals surface area (Å²) in [6.45, 7) is 1.48. The van der Waals surface area contributed by atoms with E-state index in [4.69, 9.17) is 0 Å². The number of hydrogen-bond acceptors (Lipinski definition) is 2. The van der Waals surface area contributed by atoms with Crippen LogP contribution < -0.4 is 5.06 Å². The van der Waals surface area contributed by atoms with E-state index < -0.39 is 0 Å². The SMILES string of the molecule is O=C(N1CCCC1)N(O)c1ccccc1.